The number of halogens is 1. The minimum Gasteiger partial charge on any atom is -0.450 e. The van der Waals surface area contributed by atoms with Crippen LogP contribution >= 0.6 is 0 Å². The van der Waals surface area contributed by atoms with Gasteiger partial charge < -0.3 is 9.47 Å². The van der Waals surface area contributed by atoms with Gasteiger partial charge in [-0.25, -0.2) is 4.39 Å². The van der Waals surface area contributed by atoms with Gasteiger partial charge in [-0.2, -0.15) is 0 Å². The molecule has 0 aromatic heterocycles. The Morgan fingerprint density at radius 2 is 1.46 bits per heavy atom. The third-order valence-electron chi connectivity index (χ3n) is 2.48. The van der Waals surface area contributed by atoms with E-state index in [9.17, 15) is 4.39 Å². The number of allylic oxidation sites excluding steroid dienone is 2. The van der Waals surface area contributed by atoms with E-state index in [1.54, 1.807) is 13.8 Å². The smallest absolute Gasteiger partial charge is 0.283 e. The van der Waals surface area contributed by atoms with Gasteiger partial charge in [-0.3, -0.25) is 0 Å². The van der Waals surface area contributed by atoms with Crippen LogP contribution < -0.4 is 0 Å². The zero-order valence-electron chi connectivity index (χ0n) is 8.85. The highest BCUT2D eigenvalue weighted by Gasteiger charge is 2.49. The Balaban J connectivity index is 2.89. The maximum Gasteiger partial charge on any atom is 0.283 e. The van der Waals surface area contributed by atoms with E-state index in [1.807, 2.05) is 13.8 Å². The summed E-state index contributed by atoms with van der Waals surface area (Å²) in [5, 5.41) is 0. The van der Waals surface area contributed by atoms with Gasteiger partial charge in [0.1, 0.15) is 11.5 Å². The second-order valence-corrected chi connectivity index (χ2v) is 3.81. The van der Waals surface area contributed by atoms with Crippen molar-refractivity contribution < 1.29 is 13.9 Å². The molecule has 2 nitrogen and oxygen atoms in total. The standard InChI is InChI=1S/C10H17FO2/c1-6(2)10(9(5)11)12-7(3)8(4)13-10/h6,9H,1-5H3. The molecule has 76 valence electrons. The predicted molar refractivity (Wildman–Crippen MR) is 48.7 cm³/mol. The zero-order valence-corrected chi connectivity index (χ0v) is 8.85. The van der Waals surface area contributed by atoms with Gasteiger partial charge in [0.2, 0.25) is 0 Å². The van der Waals surface area contributed by atoms with Gasteiger partial charge in [-0.05, 0) is 20.8 Å². The maximum atomic E-state index is 13.4. The molecule has 1 atom stereocenters. The Morgan fingerprint density at radius 1 is 1.08 bits per heavy atom. The van der Waals surface area contributed by atoms with Crippen molar-refractivity contribution in [2.45, 2.75) is 46.6 Å². The highest BCUT2D eigenvalue weighted by molar-refractivity contribution is 5.06. The lowest BCUT2D eigenvalue weighted by atomic mass is 9.99. The van der Waals surface area contributed by atoms with Crippen molar-refractivity contribution in [3.63, 3.8) is 0 Å². The predicted octanol–water partition coefficient (Wildman–Crippen LogP) is 2.99. The average Bonchev–Trinajstić information content (AvgIpc) is 2.29. The van der Waals surface area contributed by atoms with Crippen LogP contribution in [0.2, 0.25) is 0 Å². The Bertz CT molecular complexity index is 207. The van der Waals surface area contributed by atoms with Crippen molar-refractivity contribution in [2.24, 2.45) is 5.92 Å². The lowest BCUT2D eigenvalue weighted by Gasteiger charge is -2.33. The van der Waals surface area contributed by atoms with Crippen LogP contribution in [0.15, 0.2) is 11.5 Å². The molecule has 0 amide bonds. The van der Waals surface area contributed by atoms with Gasteiger partial charge in [-0.1, -0.05) is 13.8 Å². The second kappa shape index (κ2) is 3.20. The fourth-order valence-corrected chi connectivity index (χ4v) is 1.50. The van der Waals surface area contributed by atoms with Crippen LogP contribution in [0.1, 0.15) is 34.6 Å². The first-order valence-corrected chi connectivity index (χ1v) is 4.59. The van der Waals surface area contributed by atoms with E-state index in [4.69, 9.17) is 9.47 Å². The number of alkyl halides is 1. The van der Waals surface area contributed by atoms with Crippen molar-refractivity contribution in [3.05, 3.63) is 11.5 Å². The molecule has 13 heavy (non-hydrogen) atoms. The van der Waals surface area contributed by atoms with Gasteiger partial charge in [0, 0.05) is 5.92 Å². The SMILES string of the molecule is CC1=C(C)OC(C(C)C)(C(C)F)O1. The summed E-state index contributed by atoms with van der Waals surface area (Å²) in [5.41, 5.74) is 0. The normalized spacial score (nSPS) is 23.0. The number of ether oxygens (including phenoxy) is 2. The van der Waals surface area contributed by atoms with Crippen LogP contribution in [-0.4, -0.2) is 12.0 Å². The molecule has 0 aromatic rings. The molecule has 0 fully saturated rings. The quantitative estimate of drug-likeness (QED) is 0.663. The zero-order chi connectivity index (χ0) is 10.2. The summed E-state index contributed by atoms with van der Waals surface area (Å²) in [4.78, 5) is 0. The highest BCUT2D eigenvalue weighted by Crippen LogP contribution is 2.39. The summed E-state index contributed by atoms with van der Waals surface area (Å²) < 4.78 is 24.3. The van der Waals surface area contributed by atoms with E-state index in [-0.39, 0.29) is 5.92 Å². The molecule has 3 heteroatoms. The Labute approximate surface area is 78.7 Å². The molecule has 1 rings (SSSR count). The first kappa shape index (κ1) is 10.4. The molecule has 1 unspecified atom stereocenters. The van der Waals surface area contributed by atoms with Gasteiger partial charge in [0.25, 0.3) is 5.79 Å². The van der Waals surface area contributed by atoms with Crippen LogP contribution in [0.25, 0.3) is 0 Å². The summed E-state index contributed by atoms with van der Waals surface area (Å²) in [6.45, 7) is 8.83. The molecular weight excluding hydrogens is 171 g/mol. The van der Waals surface area contributed by atoms with Crippen molar-refractivity contribution in [3.8, 4) is 0 Å². The minimum atomic E-state index is -1.14. The molecule has 1 heterocycles. The Morgan fingerprint density at radius 3 is 1.62 bits per heavy atom. The lowest BCUT2D eigenvalue weighted by Crippen LogP contribution is -2.45. The van der Waals surface area contributed by atoms with E-state index < -0.39 is 12.0 Å². The monoisotopic (exact) mass is 188 g/mol. The molecule has 0 aliphatic carbocycles. The number of hydrogen-bond donors (Lipinski definition) is 0. The van der Waals surface area contributed by atoms with E-state index in [1.165, 1.54) is 6.92 Å². The highest BCUT2D eigenvalue weighted by atomic mass is 19.1. The van der Waals surface area contributed by atoms with E-state index in [0.717, 1.165) is 0 Å². The van der Waals surface area contributed by atoms with Gasteiger partial charge >= 0.3 is 0 Å². The molecule has 0 N–H and O–H groups in total. The van der Waals surface area contributed by atoms with Gasteiger partial charge in [0.15, 0.2) is 6.17 Å². The summed E-state index contributed by atoms with van der Waals surface area (Å²) in [7, 11) is 0. The van der Waals surface area contributed by atoms with E-state index >= 15 is 0 Å². The van der Waals surface area contributed by atoms with Crippen molar-refractivity contribution in [1.82, 2.24) is 0 Å². The van der Waals surface area contributed by atoms with Crippen molar-refractivity contribution >= 4 is 0 Å². The first-order valence-electron chi connectivity index (χ1n) is 4.59. The van der Waals surface area contributed by atoms with Crippen molar-refractivity contribution in [1.29, 1.82) is 0 Å². The number of rotatable bonds is 2. The number of hydrogen-bond acceptors (Lipinski definition) is 2. The Kier molecular flexibility index (Phi) is 2.55. The molecule has 0 spiro atoms. The molecule has 0 bridgehead atoms. The molecule has 1 aliphatic heterocycles. The molecule has 0 aromatic carbocycles. The van der Waals surface area contributed by atoms with Crippen molar-refractivity contribution in [2.75, 3.05) is 0 Å². The minimum absolute atomic E-state index is 0.0140. The Hall–Kier alpha value is -0.730. The second-order valence-electron chi connectivity index (χ2n) is 3.81. The van der Waals surface area contributed by atoms with Crippen LogP contribution in [0.3, 0.4) is 0 Å². The van der Waals surface area contributed by atoms with Gasteiger partial charge in [-0.15, -0.1) is 0 Å². The third-order valence-corrected chi connectivity index (χ3v) is 2.48. The van der Waals surface area contributed by atoms with Crippen LogP contribution in [-0.2, 0) is 9.47 Å². The van der Waals surface area contributed by atoms with Gasteiger partial charge in [0.05, 0.1) is 0 Å². The molecule has 0 saturated carbocycles. The van der Waals surface area contributed by atoms with E-state index in [0.29, 0.717) is 11.5 Å². The summed E-state index contributed by atoms with van der Waals surface area (Å²) in [5.74, 6) is 0.241. The lowest BCUT2D eigenvalue weighted by molar-refractivity contribution is -0.220. The molecule has 0 saturated heterocycles. The molecule has 0 radical (unpaired) electrons. The fourth-order valence-electron chi connectivity index (χ4n) is 1.50. The van der Waals surface area contributed by atoms with E-state index in [2.05, 4.69) is 0 Å². The fraction of sp³-hybridized carbons (Fsp3) is 0.800. The largest absolute Gasteiger partial charge is 0.450 e. The molecule has 1 aliphatic rings. The first-order chi connectivity index (χ1) is 5.90. The summed E-state index contributed by atoms with van der Waals surface area (Å²) >= 11 is 0. The van der Waals surface area contributed by atoms with Crippen LogP contribution in [0, 0.1) is 5.92 Å². The maximum absolute atomic E-state index is 13.4. The summed E-state index contributed by atoms with van der Waals surface area (Å²) in [6.07, 6.45) is -1.14. The third kappa shape index (κ3) is 1.52. The molecular formula is C10H17FO2. The average molecular weight is 188 g/mol. The summed E-state index contributed by atoms with van der Waals surface area (Å²) in [6, 6.07) is 0. The van der Waals surface area contributed by atoms with Crippen LogP contribution in [0.5, 0.6) is 0 Å². The van der Waals surface area contributed by atoms with Crippen LogP contribution in [0.4, 0.5) is 4.39 Å². The topological polar surface area (TPSA) is 18.5 Å².